The van der Waals surface area contributed by atoms with Crippen molar-refractivity contribution in [1.29, 1.82) is 5.26 Å². The molecule has 1 saturated heterocycles. The van der Waals surface area contributed by atoms with Gasteiger partial charge >= 0.3 is 0 Å². The second-order valence-electron chi connectivity index (χ2n) is 9.69. The minimum atomic E-state index is -0.310. The third-order valence-corrected chi connectivity index (χ3v) is 9.44. The van der Waals surface area contributed by atoms with Gasteiger partial charge in [0, 0.05) is 22.3 Å². The first kappa shape index (κ1) is 25.5. The van der Waals surface area contributed by atoms with Crippen molar-refractivity contribution in [1.82, 2.24) is 9.47 Å². The summed E-state index contributed by atoms with van der Waals surface area (Å²) in [7, 11) is 0. The normalized spacial score (nSPS) is 18.8. The van der Waals surface area contributed by atoms with Crippen LogP contribution in [0.15, 0.2) is 40.2 Å². The van der Waals surface area contributed by atoms with E-state index >= 15 is 0 Å². The van der Waals surface area contributed by atoms with Gasteiger partial charge in [0.2, 0.25) is 0 Å². The number of aliphatic imine (C=N–C) groups is 1. The summed E-state index contributed by atoms with van der Waals surface area (Å²) >= 11 is 3.00. The molecule has 2 aliphatic rings. The van der Waals surface area contributed by atoms with Crippen LogP contribution in [0.5, 0.6) is 0 Å². The Kier molecular flexibility index (Phi) is 7.11. The van der Waals surface area contributed by atoms with Crippen molar-refractivity contribution in [3.63, 3.8) is 0 Å². The number of halogens is 1. The molecule has 3 aromatic rings. The molecule has 3 heterocycles. The molecule has 1 aromatic carbocycles. The van der Waals surface area contributed by atoms with E-state index in [4.69, 9.17) is 4.99 Å². The fourth-order valence-electron chi connectivity index (χ4n) is 5.14. The van der Waals surface area contributed by atoms with Crippen LogP contribution in [0, 0.1) is 44.8 Å². The third-order valence-electron chi connectivity index (χ3n) is 7.27. The van der Waals surface area contributed by atoms with Crippen molar-refractivity contribution < 1.29 is 9.18 Å². The van der Waals surface area contributed by atoms with Crippen molar-refractivity contribution in [2.45, 2.75) is 65.8 Å². The van der Waals surface area contributed by atoms with Crippen LogP contribution in [0.2, 0.25) is 0 Å². The van der Waals surface area contributed by atoms with E-state index in [1.807, 2.05) is 38.7 Å². The summed E-state index contributed by atoms with van der Waals surface area (Å²) in [6.45, 7) is 8.08. The fourth-order valence-corrected chi connectivity index (χ4v) is 7.41. The summed E-state index contributed by atoms with van der Waals surface area (Å²) in [6, 6.07) is 10.6. The SMILES string of the molecule is Cc1sc(-n2c(C)cc(/C=C3\SC(=Nc4ccc(F)cc4)N(C4CCCCC4)C3=O)c2C)c(C#N)c1C. The topological polar surface area (TPSA) is 61.4 Å². The van der Waals surface area contributed by atoms with E-state index in [1.165, 1.54) is 30.3 Å². The summed E-state index contributed by atoms with van der Waals surface area (Å²) in [5.41, 5.74) is 5.30. The summed E-state index contributed by atoms with van der Waals surface area (Å²) < 4.78 is 15.6. The molecule has 1 aliphatic heterocycles. The van der Waals surface area contributed by atoms with Gasteiger partial charge in [-0.15, -0.1) is 11.3 Å². The van der Waals surface area contributed by atoms with Gasteiger partial charge in [-0.3, -0.25) is 9.69 Å². The van der Waals surface area contributed by atoms with Crippen molar-refractivity contribution in [2.24, 2.45) is 4.99 Å². The van der Waals surface area contributed by atoms with Crippen LogP contribution in [-0.2, 0) is 4.79 Å². The predicted molar refractivity (Wildman–Crippen MR) is 150 cm³/mol. The van der Waals surface area contributed by atoms with Gasteiger partial charge in [-0.1, -0.05) is 19.3 Å². The van der Waals surface area contributed by atoms with E-state index < -0.39 is 0 Å². The highest BCUT2D eigenvalue weighted by atomic mass is 32.2. The molecule has 8 heteroatoms. The van der Waals surface area contributed by atoms with Crippen LogP contribution in [-0.4, -0.2) is 26.6 Å². The number of aryl methyl sites for hydroxylation is 2. The minimum Gasteiger partial charge on any atom is -0.308 e. The van der Waals surface area contributed by atoms with E-state index in [0.717, 1.165) is 58.1 Å². The molecule has 0 radical (unpaired) electrons. The van der Waals surface area contributed by atoms with Gasteiger partial charge < -0.3 is 4.57 Å². The zero-order valence-corrected chi connectivity index (χ0v) is 23.1. The number of hydrogen-bond donors (Lipinski definition) is 0. The zero-order chi connectivity index (χ0) is 26.3. The molecule has 37 heavy (non-hydrogen) atoms. The van der Waals surface area contributed by atoms with Crippen molar-refractivity contribution >= 4 is 45.9 Å². The van der Waals surface area contributed by atoms with Crippen LogP contribution >= 0.6 is 23.1 Å². The van der Waals surface area contributed by atoms with Gasteiger partial charge in [-0.2, -0.15) is 5.26 Å². The molecule has 0 atom stereocenters. The average Bonchev–Trinajstić information content (AvgIpc) is 3.45. The summed E-state index contributed by atoms with van der Waals surface area (Å²) in [4.78, 5) is 22.1. The smallest absolute Gasteiger partial charge is 0.267 e. The Morgan fingerprint density at radius 1 is 1.11 bits per heavy atom. The van der Waals surface area contributed by atoms with Crippen molar-refractivity contribution in [3.8, 4) is 11.1 Å². The predicted octanol–water partition coefficient (Wildman–Crippen LogP) is 7.72. The lowest BCUT2D eigenvalue weighted by atomic mass is 9.94. The quantitative estimate of drug-likeness (QED) is 0.323. The van der Waals surface area contributed by atoms with Crippen LogP contribution in [0.3, 0.4) is 0 Å². The molecule has 2 aromatic heterocycles. The van der Waals surface area contributed by atoms with Gasteiger partial charge in [0.15, 0.2) is 5.17 Å². The molecule has 1 aliphatic carbocycles. The minimum absolute atomic E-state index is 0.0249. The number of thiophene rings is 1. The molecule has 1 amide bonds. The molecule has 0 spiro atoms. The second-order valence-corrected chi connectivity index (χ2v) is 11.9. The summed E-state index contributed by atoms with van der Waals surface area (Å²) in [5, 5.41) is 11.4. The molecular weight excluding hydrogens is 503 g/mol. The number of nitrogens with zero attached hydrogens (tertiary/aromatic N) is 4. The molecule has 0 N–H and O–H groups in total. The summed E-state index contributed by atoms with van der Waals surface area (Å²) in [6.07, 6.45) is 7.27. The number of amides is 1. The van der Waals surface area contributed by atoms with Gasteiger partial charge in [0.25, 0.3) is 5.91 Å². The first-order valence-corrected chi connectivity index (χ1v) is 14.2. The Bertz CT molecular complexity index is 1470. The number of benzene rings is 1. The Morgan fingerprint density at radius 3 is 2.49 bits per heavy atom. The van der Waals surface area contributed by atoms with E-state index in [1.54, 1.807) is 23.5 Å². The number of aromatic nitrogens is 1. The number of nitriles is 1. The first-order chi connectivity index (χ1) is 17.8. The molecule has 0 bridgehead atoms. The largest absolute Gasteiger partial charge is 0.308 e. The lowest BCUT2D eigenvalue weighted by Crippen LogP contribution is -2.40. The van der Waals surface area contributed by atoms with E-state index in [-0.39, 0.29) is 17.8 Å². The molecular formula is C29H29FN4OS2. The van der Waals surface area contributed by atoms with Crippen LogP contribution in [0.25, 0.3) is 11.1 Å². The molecule has 1 saturated carbocycles. The Balaban J connectivity index is 1.55. The number of thioether (sulfide) groups is 1. The third kappa shape index (κ3) is 4.78. The second kappa shape index (κ2) is 10.3. The monoisotopic (exact) mass is 532 g/mol. The highest BCUT2D eigenvalue weighted by Crippen LogP contribution is 2.40. The Hall–Kier alpha value is -3.15. The lowest BCUT2D eigenvalue weighted by Gasteiger charge is -2.30. The molecule has 0 unspecified atom stereocenters. The maximum atomic E-state index is 13.7. The average molecular weight is 533 g/mol. The highest BCUT2D eigenvalue weighted by Gasteiger charge is 2.39. The van der Waals surface area contributed by atoms with Gasteiger partial charge in [0.1, 0.15) is 16.9 Å². The standard InChI is InChI=1S/C29H29FN4OS2/c1-17-14-21(19(3)33(17)28-25(16-31)18(2)20(4)36-28)15-26-27(35)34(24-8-6-5-7-9-24)29(37-26)32-23-12-10-22(30)11-13-23/h10-15,24H,5-9H2,1-4H3/b26-15-,32-29?. The number of carbonyl (C=O) groups excluding carboxylic acids is 1. The highest BCUT2D eigenvalue weighted by molar-refractivity contribution is 8.18. The van der Waals surface area contributed by atoms with E-state index in [0.29, 0.717) is 21.3 Å². The van der Waals surface area contributed by atoms with Crippen LogP contribution < -0.4 is 0 Å². The number of carbonyl (C=O) groups is 1. The van der Waals surface area contributed by atoms with Gasteiger partial charge in [-0.05, 0) is 99.8 Å². The van der Waals surface area contributed by atoms with E-state index in [2.05, 4.69) is 16.7 Å². The maximum absolute atomic E-state index is 13.7. The Labute approximate surface area is 225 Å². The van der Waals surface area contributed by atoms with Gasteiger partial charge in [0.05, 0.1) is 16.2 Å². The van der Waals surface area contributed by atoms with Crippen molar-refractivity contribution in [3.05, 3.63) is 74.0 Å². The molecule has 2 fully saturated rings. The zero-order valence-electron chi connectivity index (χ0n) is 21.5. The fraction of sp³-hybridized carbons (Fsp3) is 0.345. The Morgan fingerprint density at radius 2 is 1.81 bits per heavy atom. The van der Waals surface area contributed by atoms with Crippen LogP contribution in [0.1, 0.15) is 65.1 Å². The number of hydrogen-bond acceptors (Lipinski definition) is 5. The lowest BCUT2D eigenvalue weighted by molar-refractivity contribution is -0.124. The summed E-state index contributed by atoms with van der Waals surface area (Å²) in [5.74, 6) is -0.335. The van der Waals surface area contributed by atoms with Crippen LogP contribution in [0.4, 0.5) is 10.1 Å². The van der Waals surface area contributed by atoms with E-state index in [9.17, 15) is 14.4 Å². The molecule has 5 rings (SSSR count). The molecule has 190 valence electrons. The molecule has 5 nitrogen and oxygen atoms in total. The number of amidine groups is 1. The van der Waals surface area contributed by atoms with Crippen molar-refractivity contribution in [2.75, 3.05) is 0 Å². The maximum Gasteiger partial charge on any atom is 0.267 e. The number of rotatable bonds is 4. The first-order valence-electron chi connectivity index (χ1n) is 12.5. The van der Waals surface area contributed by atoms with Gasteiger partial charge in [-0.25, -0.2) is 9.38 Å².